The molecule has 0 radical (unpaired) electrons. The highest BCUT2D eigenvalue weighted by atomic mass is 32.2. The number of para-hydroxylation sites is 1. The summed E-state index contributed by atoms with van der Waals surface area (Å²) in [5, 5.41) is 8.70. The number of nitrogens with zero attached hydrogens (tertiary/aromatic N) is 2. The first-order valence-corrected chi connectivity index (χ1v) is 10.8. The Morgan fingerprint density at radius 3 is 2.39 bits per heavy atom. The van der Waals surface area contributed by atoms with E-state index in [1.165, 1.54) is 0 Å². The molecular formula is C23H20N2O5S. The predicted octanol–water partition coefficient (Wildman–Crippen LogP) is 4.07. The monoisotopic (exact) mass is 436 g/mol. The average molecular weight is 436 g/mol. The Morgan fingerprint density at radius 2 is 1.71 bits per heavy atom. The van der Waals surface area contributed by atoms with Crippen LogP contribution in [0.25, 0.3) is 5.57 Å². The van der Waals surface area contributed by atoms with Gasteiger partial charge in [0.1, 0.15) is 6.54 Å². The largest absolute Gasteiger partial charge is 0.480 e. The van der Waals surface area contributed by atoms with Gasteiger partial charge in [-0.2, -0.15) is 0 Å². The van der Waals surface area contributed by atoms with Gasteiger partial charge in [0.2, 0.25) is 0 Å². The van der Waals surface area contributed by atoms with E-state index in [0.717, 1.165) is 34.6 Å². The fourth-order valence-electron chi connectivity index (χ4n) is 3.73. The number of aliphatic carboxylic acids is 1. The fourth-order valence-corrected chi connectivity index (χ4v) is 4.66. The molecule has 158 valence electrons. The number of unbranched alkanes of at least 4 members (excludes halogenated alkanes) is 1. The van der Waals surface area contributed by atoms with Crippen LogP contribution in [0.1, 0.15) is 30.9 Å². The number of carboxylic acids is 1. The van der Waals surface area contributed by atoms with Crippen molar-refractivity contribution < 1.29 is 24.3 Å². The molecule has 1 fully saturated rings. The number of fused-ring (bicyclic) bond motifs is 1. The number of amides is 3. The summed E-state index contributed by atoms with van der Waals surface area (Å²) < 4.78 is 0. The first-order valence-electron chi connectivity index (χ1n) is 9.95. The van der Waals surface area contributed by atoms with Crippen molar-refractivity contribution in [1.29, 1.82) is 0 Å². The molecule has 4 rings (SSSR count). The van der Waals surface area contributed by atoms with Crippen LogP contribution >= 0.6 is 11.8 Å². The van der Waals surface area contributed by atoms with Crippen LogP contribution in [0.3, 0.4) is 0 Å². The first-order chi connectivity index (χ1) is 14.9. The highest BCUT2D eigenvalue weighted by Crippen LogP contribution is 2.45. The number of carboxylic acid groups (broad SMARTS) is 1. The number of rotatable bonds is 6. The molecule has 0 atom stereocenters. The molecule has 0 aromatic heterocycles. The highest BCUT2D eigenvalue weighted by molar-refractivity contribution is 8.19. The summed E-state index contributed by atoms with van der Waals surface area (Å²) in [5.41, 5.74) is 2.51. The lowest BCUT2D eigenvalue weighted by atomic mass is 10.1. The van der Waals surface area contributed by atoms with Crippen LogP contribution < -0.4 is 9.80 Å². The van der Waals surface area contributed by atoms with Crippen LogP contribution in [0.5, 0.6) is 0 Å². The van der Waals surface area contributed by atoms with Gasteiger partial charge in [-0.15, -0.1) is 0 Å². The van der Waals surface area contributed by atoms with Crippen LogP contribution in [0.15, 0.2) is 53.4 Å². The Balaban J connectivity index is 1.71. The maximum absolute atomic E-state index is 13.2. The number of carbonyl (C=O) groups excluding carboxylic acids is 3. The van der Waals surface area contributed by atoms with Gasteiger partial charge in [-0.1, -0.05) is 43.7 Å². The van der Waals surface area contributed by atoms with Crippen LogP contribution in [0.2, 0.25) is 0 Å². The summed E-state index contributed by atoms with van der Waals surface area (Å²) in [7, 11) is 0. The molecule has 2 aliphatic heterocycles. The van der Waals surface area contributed by atoms with Crippen molar-refractivity contribution in [3.05, 3.63) is 64.6 Å². The van der Waals surface area contributed by atoms with Gasteiger partial charge in [0.25, 0.3) is 17.1 Å². The number of benzene rings is 2. The summed E-state index contributed by atoms with van der Waals surface area (Å²) >= 11 is 0.702. The lowest BCUT2D eigenvalue weighted by Gasteiger charge is -2.14. The van der Waals surface area contributed by atoms with E-state index in [9.17, 15) is 24.3 Å². The van der Waals surface area contributed by atoms with Crippen LogP contribution in [-0.4, -0.2) is 34.7 Å². The van der Waals surface area contributed by atoms with Crippen molar-refractivity contribution in [1.82, 2.24) is 0 Å². The molecule has 0 saturated carbocycles. The topological polar surface area (TPSA) is 95.0 Å². The van der Waals surface area contributed by atoms with Crippen molar-refractivity contribution in [2.45, 2.75) is 26.2 Å². The molecule has 2 aromatic carbocycles. The van der Waals surface area contributed by atoms with Crippen molar-refractivity contribution in [2.24, 2.45) is 0 Å². The van der Waals surface area contributed by atoms with Gasteiger partial charge < -0.3 is 5.11 Å². The molecule has 0 bridgehead atoms. The standard InChI is InChI=1S/C23H20N2O5S/c1-2-3-6-14-9-11-15(12-10-14)25-22(29)20(31-23(25)30)19-16-7-4-5-8-17(16)24(21(19)28)13-18(26)27/h4-5,7-12H,2-3,6,13H2,1H3,(H,26,27)/b20-19-. The minimum absolute atomic E-state index is 0.0189. The number of hydrogen-bond donors (Lipinski definition) is 1. The first kappa shape index (κ1) is 20.9. The molecular weight excluding hydrogens is 416 g/mol. The van der Waals surface area contributed by atoms with Crippen LogP contribution in [0, 0.1) is 0 Å². The molecule has 31 heavy (non-hydrogen) atoms. The van der Waals surface area contributed by atoms with Gasteiger partial charge in [0, 0.05) is 5.56 Å². The van der Waals surface area contributed by atoms with Crippen LogP contribution in [-0.2, 0) is 20.8 Å². The second kappa shape index (κ2) is 8.39. The van der Waals surface area contributed by atoms with E-state index in [2.05, 4.69) is 6.92 Å². The van der Waals surface area contributed by atoms with Crippen molar-refractivity contribution >= 4 is 51.7 Å². The smallest absolute Gasteiger partial charge is 0.323 e. The minimum Gasteiger partial charge on any atom is -0.480 e. The Labute approximate surface area is 183 Å². The zero-order valence-corrected chi connectivity index (χ0v) is 17.6. The third kappa shape index (κ3) is 3.74. The Hall–Kier alpha value is -3.39. The van der Waals surface area contributed by atoms with E-state index in [1.54, 1.807) is 36.4 Å². The zero-order valence-electron chi connectivity index (χ0n) is 16.8. The molecule has 8 heteroatoms. The summed E-state index contributed by atoms with van der Waals surface area (Å²) in [6, 6.07) is 13.9. The molecule has 0 aliphatic carbocycles. The Kier molecular flexibility index (Phi) is 5.65. The second-order valence-corrected chi connectivity index (χ2v) is 8.25. The number of anilines is 2. The summed E-state index contributed by atoms with van der Waals surface area (Å²) in [5.74, 6) is -2.34. The van der Waals surface area contributed by atoms with E-state index >= 15 is 0 Å². The predicted molar refractivity (Wildman–Crippen MR) is 119 cm³/mol. The molecule has 2 heterocycles. The van der Waals surface area contributed by atoms with Crippen LogP contribution in [0.4, 0.5) is 16.2 Å². The minimum atomic E-state index is -1.17. The quantitative estimate of drug-likeness (QED) is 0.686. The summed E-state index contributed by atoms with van der Waals surface area (Å²) in [6.45, 7) is 1.59. The lowest BCUT2D eigenvalue weighted by molar-refractivity contribution is -0.136. The van der Waals surface area contributed by atoms with E-state index in [1.807, 2.05) is 12.1 Å². The average Bonchev–Trinajstić information content (AvgIpc) is 3.19. The lowest BCUT2D eigenvalue weighted by Crippen LogP contribution is -2.32. The molecule has 2 aliphatic rings. The highest BCUT2D eigenvalue weighted by Gasteiger charge is 2.44. The SMILES string of the molecule is CCCCc1ccc(N2C(=O)S/C(=C3\C(=O)N(CC(=O)O)c4ccccc43)C2=O)cc1. The van der Waals surface area contributed by atoms with Gasteiger partial charge in [-0.25, -0.2) is 4.90 Å². The fraction of sp³-hybridized carbons (Fsp3) is 0.217. The van der Waals surface area contributed by atoms with Crippen molar-refractivity contribution in [3.63, 3.8) is 0 Å². The zero-order chi connectivity index (χ0) is 22.1. The number of imide groups is 1. The van der Waals surface area contributed by atoms with Gasteiger partial charge in [-0.05, 0) is 48.4 Å². The number of hydrogen-bond acceptors (Lipinski definition) is 5. The van der Waals surface area contributed by atoms with Crippen molar-refractivity contribution in [2.75, 3.05) is 16.3 Å². The molecule has 0 spiro atoms. The van der Waals surface area contributed by atoms with Gasteiger partial charge in [0.15, 0.2) is 0 Å². The third-order valence-electron chi connectivity index (χ3n) is 5.23. The normalized spacial score (nSPS) is 18.2. The Morgan fingerprint density at radius 1 is 1.00 bits per heavy atom. The third-order valence-corrected chi connectivity index (χ3v) is 6.17. The Bertz CT molecular complexity index is 1120. The molecule has 0 unspecified atom stereocenters. The number of carbonyl (C=O) groups is 4. The number of aryl methyl sites for hydroxylation is 1. The van der Waals surface area contributed by atoms with E-state index < -0.39 is 29.6 Å². The van der Waals surface area contributed by atoms with Crippen molar-refractivity contribution in [3.8, 4) is 0 Å². The van der Waals surface area contributed by atoms with Gasteiger partial charge in [0.05, 0.1) is 21.9 Å². The van der Waals surface area contributed by atoms with E-state index in [4.69, 9.17) is 0 Å². The van der Waals surface area contributed by atoms with Gasteiger partial charge >= 0.3 is 5.97 Å². The maximum atomic E-state index is 13.2. The molecule has 1 N–H and O–H groups in total. The maximum Gasteiger partial charge on any atom is 0.323 e. The summed E-state index contributed by atoms with van der Waals surface area (Å²) in [4.78, 5) is 52.4. The molecule has 2 aromatic rings. The van der Waals surface area contributed by atoms with E-state index in [-0.39, 0.29) is 10.5 Å². The molecule has 7 nitrogen and oxygen atoms in total. The second-order valence-electron chi connectivity index (χ2n) is 7.28. The number of thioether (sulfide) groups is 1. The molecule has 3 amide bonds. The van der Waals surface area contributed by atoms with E-state index in [0.29, 0.717) is 28.7 Å². The molecule has 1 saturated heterocycles. The summed E-state index contributed by atoms with van der Waals surface area (Å²) in [6.07, 6.45) is 3.06. The van der Waals surface area contributed by atoms with Gasteiger partial charge in [-0.3, -0.25) is 24.1 Å².